The fraction of sp³-hybridized carbons (Fsp3) is 0.867. The number of ketones is 1. The van der Waals surface area contributed by atoms with Gasteiger partial charge in [-0.05, 0) is 32.1 Å². The van der Waals surface area contributed by atoms with Crippen molar-refractivity contribution in [1.82, 2.24) is 5.32 Å². The van der Waals surface area contributed by atoms with Crippen molar-refractivity contribution in [1.29, 1.82) is 0 Å². The van der Waals surface area contributed by atoms with Gasteiger partial charge in [0.2, 0.25) is 5.91 Å². The number of aliphatic hydroxyl groups excluding tert-OH is 3. The van der Waals surface area contributed by atoms with E-state index in [1.807, 2.05) is 33.3 Å². The number of likely N-dealkylation sites (N-methyl/N-ethyl adjacent to an activating group) is 1. The first-order valence-corrected chi connectivity index (χ1v) is 24.3. The van der Waals surface area contributed by atoms with Crippen LogP contribution in [0.4, 0.5) is 0 Å². The largest absolute Gasteiger partial charge is 0.756 e. The molecule has 1 unspecified atom stereocenters. The molecule has 1 saturated carbocycles. The van der Waals surface area contributed by atoms with E-state index in [1.54, 1.807) is 12.2 Å². The molecule has 0 radical (unpaired) electrons. The lowest BCUT2D eigenvalue weighted by Gasteiger charge is -2.29. The molecule has 1 amide bonds. The smallest absolute Gasteiger partial charge is 0.268 e. The number of rotatable bonds is 37. The van der Waals surface area contributed by atoms with Gasteiger partial charge in [0.1, 0.15) is 18.9 Å². The number of unbranched alkanes of at least 4 members (excludes halogenated alkanes) is 18. The van der Waals surface area contributed by atoms with E-state index in [-0.39, 0.29) is 43.0 Å². The van der Waals surface area contributed by atoms with Crippen LogP contribution in [0.25, 0.3) is 0 Å². The van der Waals surface area contributed by atoms with E-state index in [2.05, 4.69) is 19.2 Å². The first-order chi connectivity index (χ1) is 27.2. The number of aliphatic hydroxyl groups is 3. The molecule has 0 heterocycles. The molecule has 1 rings (SSSR count). The Hall–Kier alpha value is -1.43. The van der Waals surface area contributed by atoms with Crippen molar-refractivity contribution in [2.45, 2.75) is 199 Å². The maximum absolute atomic E-state index is 13.0. The Labute approximate surface area is 347 Å². The third-order valence-corrected chi connectivity index (χ3v) is 12.0. The predicted molar refractivity (Wildman–Crippen MR) is 229 cm³/mol. The van der Waals surface area contributed by atoms with Gasteiger partial charge in [0.05, 0.1) is 52.1 Å². The number of Topliss-reactive ketones (excluding diaryl/α,β-unsaturated/α-hetero) is 1. The third kappa shape index (κ3) is 28.6. The summed E-state index contributed by atoms with van der Waals surface area (Å²) < 4.78 is 23.2. The number of phosphoric acid groups is 1. The number of allylic oxidation sites excluding steroid dienone is 1. The molecule has 0 aromatic rings. The molecular weight excluding hydrogens is 743 g/mol. The minimum atomic E-state index is -4.65. The van der Waals surface area contributed by atoms with E-state index in [1.165, 1.54) is 70.6 Å². The molecule has 0 saturated heterocycles. The fourth-order valence-electron chi connectivity index (χ4n) is 7.34. The number of phosphoric ester groups is 1. The van der Waals surface area contributed by atoms with Crippen molar-refractivity contribution >= 4 is 19.5 Å². The normalized spacial score (nSPS) is 20.4. The van der Waals surface area contributed by atoms with Gasteiger partial charge in [-0.15, -0.1) is 0 Å². The Balaban J connectivity index is 2.53. The SMILES string of the molecule is CCCCCCCCCCCCCCC/C=C/[C@@H](O)[C@H](COP(=O)([O-])OCC[N+](C)(C)C)NC(=O)CCCCCC[C@H]1C(=O)C[C@@H](O)[C@@H]1/C=C/[C@@H](O)CCCCC. The summed E-state index contributed by atoms with van der Waals surface area (Å²) in [7, 11) is 1.11. The summed E-state index contributed by atoms with van der Waals surface area (Å²) in [6.07, 6.45) is 29.7. The predicted octanol–water partition coefficient (Wildman–Crippen LogP) is 8.48. The maximum atomic E-state index is 13.0. The summed E-state index contributed by atoms with van der Waals surface area (Å²) in [5.41, 5.74) is 0. The quantitative estimate of drug-likeness (QED) is 0.0208. The molecule has 7 atom stereocenters. The van der Waals surface area contributed by atoms with E-state index in [0.717, 1.165) is 57.8 Å². The van der Waals surface area contributed by atoms with Crippen molar-refractivity contribution in [2.24, 2.45) is 11.8 Å². The zero-order valence-corrected chi connectivity index (χ0v) is 37.7. The van der Waals surface area contributed by atoms with Crippen molar-refractivity contribution in [3.05, 3.63) is 24.3 Å². The molecule has 1 aliphatic carbocycles. The van der Waals surface area contributed by atoms with Crippen LogP contribution in [-0.2, 0) is 23.2 Å². The summed E-state index contributed by atoms with van der Waals surface area (Å²) in [6, 6.07) is -0.973. The molecule has 12 heteroatoms. The number of hydrogen-bond donors (Lipinski definition) is 4. The number of carbonyl (C=O) groups excluding carboxylic acids is 2. The molecule has 0 spiro atoms. The summed E-state index contributed by atoms with van der Waals surface area (Å²) in [6.45, 7) is 4.33. The standard InChI is InChI=1S/C45H85N2O9P/c1-6-8-10-11-12-13-14-15-16-17-18-19-20-21-26-30-42(49)41(37-56-57(53,54)55-35-34-47(3,4)5)46-45(52)31-27-23-22-25-29-39-40(44(51)36-43(39)50)33-32-38(48)28-24-9-7-2/h26,30,32-33,38-42,44,48-49,51H,6-25,27-29,31,34-37H2,1-5H3,(H-,46,52,53,54)/b30-26+,33-32+/t38-,39+,40+,41-,42+,44+/m0/s1. The third-order valence-electron chi connectivity index (χ3n) is 11.1. The van der Waals surface area contributed by atoms with Crippen LogP contribution in [0.2, 0.25) is 0 Å². The Morgan fingerprint density at radius 2 is 1.40 bits per heavy atom. The van der Waals surface area contributed by atoms with Gasteiger partial charge < -0.3 is 39.1 Å². The number of nitrogens with zero attached hydrogens (tertiary/aromatic N) is 1. The van der Waals surface area contributed by atoms with E-state index in [9.17, 15) is 34.4 Å². The van der Waals surface area contributed by atoms with E-state index < -0.39 is 38.8 Å². The molecule has 1 fully saturated rings. The van der Waals surface area contributed by atoms with Gasteiger partial charge in [-0.2, -0.15) is 0 Å². The number of nitrogens with one attached hydrogen (secondary N) is 1. The zero-order chi connectivity index (χ0) is 42.4. The molecule has 0 aromatic heterocycles. The Kier molecular flexibility index (Phi) is 30.4. The number of amides is 1. The van der Waals surface area contributed by atoms with Gasteiger partial charge >= 0.3 is 0 Å². The lowest BCUT2D eigenvalue weighted by molar-refractivity contribution is -0.870. The average molecular weight is 829 g/mol. The maximum Gasteiger partial charge on any atom is 0.268 e. The van der Waals surface area contributed by atoms with Gasteiger partial charge in [0, 0.05) is 24.7 Å². The zero-order valence-electron chi connectivity index (χ0n) is 36.8. The van der Waals surface area contributed by atoms with Gasteiger partial charge in [-0.3, -0.25) is 14.2 Å². The van der Waals surface area contributed by atoms with Crippen molar-refractivity contribution < 1.29 is 47.9 Å². The Bertz CT molecular complexity index is 1140. The molecular formula is C45H85N2O9P. The highest BCUT2D eigenvalue weighted by molar-refractivity contribution is 7.45. The van der Waals surface area contributed by atoms with Crippen LogP contribution in [0, 0.1) is 11.8 Å². The minimum Gasteiger partial charge on any atom is -0.756 e. The minimum absolute atomic E-state index is 0.0437. The second-order valence-electron chi connectivity index (χ2n) is 17.5. The first kappa shape index (κ1) is 53.6. The molecule has 4 N–H and O–H groups in total. The van der Waals surface area contributed by atoms with Crippen LogP contribution in [0.1, 0.15) is 174 Å². The topological polar surface area (TPSA) is 165 Å². The fourth-order valence-corrected chi connectivity index (χ4v) is 8.06. The molecule has 11 nitrogen and oxygen atoms in total. The van der Waals surface area contributed by atoms with Crippen LogP contribution < -0.4 is 10.2 Å². The van der Waals surface area contributed by atoms with Crippen LogP contribution in [0.3, 0.4) is 0 Å². The van der Waals surface area contributed by atoms with Crippen molar-refractivity contribution in [2.75, 3.05) is 40.9 Å². The molecule has 0 aliphatic heterocycles. The lowest BCUT2D eigenvalue weighted by atomic mass is 9.88. The van der Waals surface area contributed by atoms with Gasteiger partial charge in [-0.25, -0.2) is 0 Å². The van der Waals surface area contributed by atoms with Crippen LogP contribution >= 0.6 is 7.82 Å². The van der Waals surface area contributed by atoms with Crippen molar-refractivity contribution in [3.63, 3.8) is 0 Å². The number of quaternary nitrogens is 1. The molecule has 1 aliphatic rings. The highest BCUT2D eigenvalue weighted by Gasteiger charge is 2.39. The monoisotopic (exact) mass is 829 g/mol. The van der Waals surface area contributed by atoms with Crippen LogP contribution in [-0.4, -0.2) is 96.7 Å². The Morgan fingerprint density at radius 1 is 0.842 bits per heavy atom. The molecule has 0 bridgehead atoms. The number of carbonyl (C=O) groups is 2. The van der Waals surface area contributed by atoms with Crippen LogP contribution in [0.15, 0.2) is 24.3 Å². The summed E-state index contributed by atoms with van der Waals surface area (Å²) in [5, 5.41) is 34.5. The number of hydrogen-bond acceptors (Lipinski definition) is 9. The Morgan fingerprint density at radius 3 is 2.02 bits per heavy atom. The molecule has 334 valence electrons. The van der Waals surface area contributed by atoms with Crippen molar-refractivity contribution in [3.8, 4) is 0 Å². The van der Waals surface area contributed by atoms with Gasteiger partial charge in [0.25, 0.3) is 7.82 Å². The summed E-state index contributed by atoms with van der Waals surface area (Å²) in [5.74, 6) is -0.805. The average Bonchev–Trinajstić information content (AvgIpc) is 3.42. The highest BCUT2D eigenvalue weighted by atomic mass is 31.2. The molecule has 0 aromatic carbocycles. The second-order valence-corrected chi connectivity index (χ2v) is 18.9. The van der Waals surface area contributed by atoms with E-state index in [4.69, 9.17) is 9.05 Å². The first-order valence-electron chi connectivity index (χ1n) is 22.8. The highest BCUT2D eigenvalue weighted by Crippen LogP contribution is 2.38. The van der Waals surface area contributed by atoms with E-state index >= 15 is 0 Å². The van der Waals surface area contributed by atoms with Gasteiger partial charge in [0.15, 0.2) is 0 Å². The summed E-state index contributed by atoms with van der Waals surface area (Å²) in [4.78, 5) is 38.1. The summed E-state index contributed by atoms with van der Waals surface area (Å²) >= 11 is 0. The lowest BCUT2D eigenvalue weighted by Crippen LogP contribution is -2.45. The second kappa shape index (κ2) is 32.4. The molecule has 57 heavy (non-hydrogen) atoms. The van der Waals surface area contributed by atoms with E-state index in [0.29, 0.717) is 30.3 Å². The van der Waals surface area contributed by atoms with Crippen LogP contribution in [0.5, 0.6) is 0 Å². The van der Waals surface area contributed by atoms with Gasteiger partial charge in [-0.1, -0.05) is 154 Å².